The topological polar surface area (TPSA) is 56.9 Å². The van der Waals surface area contributed by atoms with Gasteiger partial charge in [-0.15, -0.1) is 11.8 Å². The smallest absolute Gasteiger partial charge is 0.280 e. The van der Waals surface area contributed by atoms with Crippen LogP contribution < -0.4 is 11.2 Å². The Labute approximate surface area is 134 Å². The van der Waals surface area contributed by atoms with Gasteiger partial charge in [-0.3, -0.25) is 13.9 Å². The van der Waals surface area contributed by atoms with Gasteiger partial charge in [0.1, 0.15) is 5.65 Å². The first-order valence-corrected chi connectivity index (χ1v) is 8.71. The van der Waals surface area contributed by atoms with Crippen LogP contribution in [-0.4, -0.2) is 19.9 Å². The molecular formula is C16H23N3O2S. The minimum atomic E-state index is -0.335. The highest BCUT2D eigenvalue weighted by atomic mass is 32.2. The van der Waals surface area contributed by atoms with Gasteiger partial charge in [-0.2, -0.15) is 0 Å². The molecule has 0 saturated heterocycles. The number of rotatable bonds is 6. The normalized spacial score (nSPS) is 11.3. The molecule has 0 atom stereocenters. The maximum Gasteiger partial charge on any atom is 0.332 e. The van der Waals surface area contributed by atoms with Crippen molar-refractivity contribution in [2.75, 3.05) is 5.75 Å². The molecule has 0 unspecified atom stereocenters. The monoisotopic (exact) mass is 321 g/mol. The van der Waals surface area contributed by atoms with Crippen molar-refractivity contribution in [3.05, 3.63) is 32.6 Å². The lowest BCUT2D eigenvalue weighted by Gasteiger charge is -2.14. The molecule has 2 heterocycles. The third-order valence-corrected chi connectivity index (χ3v) is 5.01. The predicted molar refractivity (Wildman–Crippen MR) is 91.9 cm³/mol. The summed E-state index contributed by atoms with van der Waals surface area (Å²) in [5, 5.41) is 0.580. The Kier molecular flexibility index (Phi) is 5.45. The van der Waals surface area contributed by atoms with Crippen LogP contribution in [0.3, 0.4) is 0 Å². The summed E-state index contributed by atoms with van der Waals surface area (Å²) >= 11 is 1.71. The van der Waals surface area contributed by atoms with Gasteiger partial charge in [0.15, 0.2) is 0 Å². The molecule has 22 heavy (non-hydrogen) atoms. The molecule has 0 aromatic carbocycles. The molecule has 0 fully saturated rings. The van der Waals surface area contributed by atoms with Gasteiger partial charge in [-0.1, -0.05) is 26.7 Å². The minimum Gasteiger partial charge on any atom is -0.280 e. The predicted octanol–water partition coefficient (Wildman–Crippen LogP) is 2.48. The van der Waals surface area contributed by atoms with Crippen molar-refractivity contribution in [2.24, 2.45) is 14.1 Å². The van der Waals surface area contributed by atoms with Gasteiger partial charge in [0.05, 0.1) is 5.39 Å². The first kappa shape index (κ1) is 16.8. The molecule has 0 aliphatic rings. The van der Waals surface area contributed by atoms with E-state index >= 15 is 0 Å². The van der Waals surface area contributed by atoms with Crippen LogP contribution in [0.15, 0.2) is 20.7 Å². The molecule has 0 amide bonds. The van der Waals surface area contributed by atoms with E-state index in [1.54, 1.807) is 18.8 Å². The van der Waals surface area contributed by atoms with Crippen molar-refractivity contribution in [1.82, 2.24) is 14.1 Å². The summed E-state index contributed by atoms with van der Waals surface area (Å²) in [5.41, 5.74) is 0.999. The molecule has 0 spiro atoms. The zero-order valence-electron chi connectivity index (χ0n) is 13.7. The number of thioether (sulfide) groups is 1. The molecule has 0 aliphatic heterocycles. The number of hydrogen-bond donors (Lipinski definition) is 0. The molecule has 0 radical (unpaired) electrons. The standard InChI is InChI=1S/C16H23N3O2S/c1-5-7-9-22-13-11(8-6-2)10-17-14-12(13)15(20)19(4)16(21)18(14)3/h10H,5-9H2,1-4H3. The summed E-state index contributed by atoms with van der Waals surface area (Å²) < 4.78 is 2.62. The third kappa shape index (κ3) is 2.97. The summed E-state index contributed by atoms with van der Waals surface area (Å²) in [6.45, 7) is 4.27. The molecule has 0 saturated carbocycles. The van der Waals surface area contributed by atoms with E-state index in [2.05, 4.69) is 18.8 Å². The van der Waals surface area contributed by atoms with E-state index < -0.39 is 0 Å². The van der Waals surface area contributed by atoms with Crippen LogP contribution in [-0.2, 0) is 20.5 Å². The van der Waals surface area contributed by atoms with Crippen LogP contribution >= 0.6 is 11.8 Å². The molecule has 2 rings (SSSR count). The fourth-order valence-electron chi connectivity index (χ4n) is 2.47. The lowest BCUT2D eigenvalue weighted by Crippen LogP contribution is -2.37. The van der Waals surface area contributed by atoms with E-state index in [4.69, 9.17) is 0 Å². The van der Waals surface area contributed by atoms with Crippen molar-refractivity contribution in [2.45, 2.75) is 44.4 Å². The molecule has 0 N–H and O–H groups in total. The number of hydrogen-bond acceptors (Lipinski definition) is 4. The Hall–Kier alpha value is -1.56. The van der Waals surface area contributed by atoms with E-state index in [0.717, 1.165) is 41.9 Å². The molecule has 0 aliphatic carbocycles. The van der Waals surface area contributed by atoms with E-state index in [1.165, 1.54) is 16.2 Å². The Balaban J connectivity index is 2.77. The average Bonchev–Trinajstić information content (AvgIpc) is 2.52. The van der Waals surface area contributed by atoms with Crippen LogP contribution in [0.1, 0.15) is 38.7 Å². The highest BCUT2D eigenvalue weighted by Gasteiger charge is 2.17. The fraction of sp³-hybridized carbons (Fsp3) is 0.562. The molecule has 5 nitrogen and oxygen atoms in total. The molecule has 2 aromatic rings. The number of unbranched alkanes of at least 4 members (excludes halogenated alkanes) is 1. The number of pyridine rings is 1. The summed E-state index contributed by atoms with van der Waals surface area (Å²) in [5.74, 6) is 0.971. The van der Waals surface area contributed by atoms with Gasteiger partial charge in [0.25, 0.3) is 5.56 Å². The van der Waals surface area contributed by atoms with Gasteiger partial charge < -0.3 is 0 Å². The second-order valence-corrected chi connectivity index (χ2v) is 6.57. The average molecular weight is 321 g/mol. The van der Waals surface area contributed by atoms with Gasteiger partial charge in [0.2, 0.25) is 0 Å². The first-order valence-electron chi connectivity index (χ1n) is 7.73. The second-order valence-electron chi connectivity index (χ2n) is 5.47. The van der Waals surface area contributed by atoms with Crippen LogP contribution in [0, 0.1) is 0 Å². The van der Waals surface area contributed by atoms with Gasteiger partial charge >= 0.3 is 5.69 Å². The largest absolute Gasteiger partial charge is 0.332 e. The van der Waals surface area contributed by atoms with E-state index in [9.17, 15) is 9.59 Å². The summed E-state index contributed by atoms with van der Waals surface area (Å²) in [4.78, 5) is 30.1. The van der Waals surface area contributed by atoms with E-state index in [1.807, 2.05) is 6.20 Å². The number of nitrogens with zero attached hydrogens (tertiary/aromatic N) is 3. The Morgan fingerprint density at radius 2 is 1.86 bits per heavy atom. The van der Waals surface area contributed by atoms with Crippen LogP contribution in [0.2, 0.25) is 0 Å². The fourth-order valence-corrected chi connectivity index (χ4v) is 3.77. The molecule has 0 bridgehead atoms. The van der Waals surface area contributed by atoms with Crippen molar-refractivity contribution >= 4 is 22.8 Å². The van der Waals surface area contributed by atoms with Gasteiger partial charge in [0, 0.05) is 25.2 Å². The van der Waals surface area contributed by atoms with Crippen LogP contribution in [0.25, 0.3) is 11.0 Å². The van der Waals surface area contributed by atoms with E-state index in [0.29, 0.717) is 11.0 Å². The lowest BCUT2D eigenvalue weighted by atomic mass is 10.1. The van der Waals surface area contributed by atoms with Gasteiger partial charge in [-0.05, 0) is 24.2 Å². The molecule has 6 heteroatoms. The van der Waals surface area contributed by atoms with Crippen molar-refractivity contribution in [3.63, 3.8) is 0 Å². The lowest BCUT2D eigenvalue weighted by molar-refractivity contribution is 0.704. The Morgan fingerprint density at radius 1 is 1.14 bits per heavy atom. The number of fused-ring (bicyclic) bond motifs is 1. The summed E-state index contributed by atoms with van der Waals surface area (Å²) in [6.07, 6.45) is 5.94. The number of aryl methyl sites for hydroxylation is 2. The van der Waals surface area contributed by atoms with Crippen molar-refractivity contribution in [1.29, 1.82) is 0 Å². The zero-order chi connectivity index (χ0) is 16.3. The zero-order valence-corrected chi connectivity index (χ0v) is 14.5. The van der Waals surface area contributed by atoms with Gasteiger partial charge in [-0.25, -0.2) is 9.78 Å². The third-order valence-electron chi connectivity index (χ3n) is 3.76. The SMILES string of the molecule is CCCCSc1c(CCC)cnc2c1c(=O)n(C)c(=O)n2C. The summed E-state index contributed by atoms with van der Waals surface area (Å²) in [6, 6.07) is 0. The van der Waals surface area contributed by atoms with Crippen molar-refractivity contribution < 1.29 is 0 Å². The maximum absolute atomic E-state index is 12.6. The van der Waals surface area contributed by atoms with Crippen molar-refractivity contribution in [3.8, 4) is 0 Å². The molecular weight excluding hydrogens is 298 g/mol. The maximum atomic E-state index is 12.6. The highest BCUT2D eigenvalue weighted by Crippen LogP contribution is 2.29. The second kappa shape index (κ2) is 7.13. The quantitative estimate of drug-likeness (QED) is 0.606. The van der Waals surface area contributed by atoms with Crippen LogP contribution in [0.4, 0.5) is 0 Å². The Morgan fingerprint density at radius 3 is 2.50 bits per heavy atom. The minimum absolute atomic E-state index is 0.248. The van der Waals surface area contributed by atoms with Crippen LogP contribution in [0.5, 0.6) is 0 Å². The first-order chi connectivity index (χ1) is 10.5. The molecule has 2 aromatic heterocycles. The molecule has 120 valence electrons. The number of aromatic nitrogens is 3. The summed E-state index contributed by atoms with van der Waals surface area (Å²) in [7, 11) is 3.19. The Bertz CT molecular complexity index is 793. The highest BCUT2D eigenvalue weighted by molar-refractivity contribution is 7.99. The van der Waals surface area contributed by atoms with E-state index in [-0.39, 0.29) is 11.2 Å².